The van der Waals surface area contributed by atoms with Crippen LogP contribution in [0.2, 0.25) is 6.04 Å². The number of carbonyl (C=O) groups is 1. The maximum atomic E-state index is 11.1. The zero-order valence-electron chi connectivity index (χ0n) is 9.98. The van der Waals surface area contributed by atoms with Crippen molar-refractivity contribution in [3.63, 3.8) is 0 Å². The van der Waals surface area contributed by atoms with Crippen LogP contribution in [0, 0.1) is 0 Å². The van der Waals surface area contributed by atoms with Crippen LogP contribution in [0.5, 0.6) is 0 Å². The first-order valence-electron chi connectivity index (χ1n) is 5.41. The summed E-state index contributed by atoms with van der Waals surface area (Å²) in [6, 6.07) is 0.831. The molecule has 0 aliphatic carbocycles. The minimum absolute atomic E-state index is 0.340. The maximum Gasteiger partial charge on any atom is 0.333 e. The van der Waals surface area contributed by atoms with Crippen LogP contribution in [0.4, 0.5) is 0 Å². The Bertz CT molecular complexity index is 255. The Morgan fingerprint density at radius 1 is 1.29 bits per heavy atom. The Kier molecular flexibility index (Phi) is 7.87. The van der Waals surface area contributed by atoms with Gasteiger partial charge in [-0.15, -0.1) is 0 Å². The molecule has 98 valence electrons. The minimum Gasteiger partial charge on any atom is -0.462 e. The summed E-state index contributed by atoms with van der Waals surface area (Å²) < 4.78 is 26.8. The number of ether oxygens (including phenoxy) is 1. The average Bonchev–Trinajstić information content (AvgIpc) is 2.25. The lowest BCUT2D eigenvalue weighted by atomic mass is 10.4. The molecule has 1 rings (SSSR count). The Hall–Kier alpha value is -0.0825. The second-order valence-corrected chi connectivity index (χ2v) is 11.7. The summed E-state index contributed by atoms with van der Waals surface area (Å²) in [5.74, 6) is -0.340. The van der Waals surface area contributed by atoms with Gasteiger partial charge in [0.15, 0.2) is 0 Å². The summed E-state index contributed by atoms with van der Waals surface area (Å²) in [7, 11) is -4.17. The van der Waals surface area contributed by atoms with Crippen molar-refractivity contribution in [3.05, 3.63) is 12.2 Å². The highest BCUT2D eigenvalue weighted by molar-refractivity contribution is 6.59. The molecule has 0 saturated carbocycles. The van der Waals surface area contributed by atoms with Crippen molar-refractivity contribution in [2.75, 3.05) is 6.61 Å². The molecular formula is C7H18O6Si4. The zero-order chi connectivity index (χ0) is 12.5. The first kappa shape index (κ1) is 15.0. The van der Waals surface area contributed by atoms with Gasteiger partial charge in [-0.1, -0.05) is 6.58 Å². The van der Waals surface area contributed by atoms with Crippen molar-refractivity contribution in [3.8, 4) is 0 Å². The van der Waals surface area contributed by atoms with E-state index in [1.807, 2.05) is 0 Å². The number of hydrogen-bond donors (Lipinski definition) is 0. The Labute approximate surface area is 110 Å². The van der Waals surface area contributed by atoms with Gasteiger partial charge < -0.3 is 21.2 Å². The lowest BCUT2D eigenvalue weighted by molar-refractivity contribution is -0.138. The van der Waals surface area contributed by atoms with Crippen molar-refractivity contribution in [1.29, 1.82) is 0 Å². The lowest BCUT2D eigenvalue weighted by Gasteiger charge is -2.20. The number of hydrogen-bond acceptors (Lipinski definition) is 6. The van der Waals surface area contributed by atoms with E-state index in [0.717, 1.165) is 12.5 Å². The van der Waals surface area contributed by atoms with Gasteiger partial charge in [-0.25, -0.2) is 4.79 Å². The fraction of sp³-hybridized carbons (Fsp3) is 0.571. The standard InChI is InChI=1S/C7H18O6Si4/c1-6(2)7(8)9-4-3-5-17-12-15-10-14-11-16-13-17/h17H,1,3-5,14-16H2,2H3. The number of esters is 1. The molecule has 1 aliphatic heterocycles. The first-order valence-corrected chi connectivity index (χ1v) is 10.6. The van der Waals surface area contributed by atoms with E-state index < -0.39 is 39.3 Å². The van der Waals surface area contributed by atoms with E-state index in [0.29, 0.717) is 12.2 Å². The normalized spacial score (nSPS) is 25.6. The second kappa shape index (κ2) is 8.93. The van der Waals surface area contributed by atoms with Crippen LogP contribution in [0.15, 0.2) is 12.2 Å². The van der Waals surface area contributed by atoms with Gasteiger partial charge in [0.2, 0.25) is 0 Å². The molecule has 0 aromatic heterocycles. The molecule has 0 radical (unpaired) electrons. The van der Waals surface area contributed by atoms with Crippen LogP contribution in [0.1, 0.15) is 13.3 Å². The van der Waals surface area contributed by atoms with Crippen LogP contribution < -0.4 is 0 Å². The largest absolute Gasteiger partial charge is 0.462 e. The highest BCUT2D eigenvalue weighted by atomic mass is 28.4. The third-order valence-electron chi connectivity index (χ3n) is 2.01. The predicted octanol–water partition coefficient (Wildman–Crippen LogP) is -2.21. The Balaban J connectivity index is 2.08. The molecule has 1 saturated heterocycles. The van der Waals surface area contributed by atoms with Crippen molar-refractivity contribution < 1.29 is 26.0 Å². The van der Waals surface area contributed by atoms with Crippen molar-refractivity contribution in [2.24, 2.45) is 0 Å². The third kappa shape index (κ3) is 7.05. The summed E-state index contributed by atoms with van der Waals surface area (Å²) in [5.41, 5.74) is 0.423. The first-order chi connectivity index (χ1) is 8.20. The molecule has 17 heavy (non-hydrogen) atoms. The van der Waals surface area contributed by atoms with E-state index in [1.165, 1.54) is 0 Å². The monoisotopic (exact) mass is 310 g/mol. The molecule has 0 unspecified atom stereocenters. The highest BCUT2D eigenvalue weighted by Gasteiger charge is 2.15. The highest BCUT2D eigenvalue weighted by Crippen LogP contribution is 2.04. The summed E-state index contributed by atoms with van der Waals surface area (Å²) >= 11 is 0. The topological polar surface area (TPSA) is 63.2 Å². The van der Waals surface area contributed by atoms with E-state index in [-0.39, 0.29) is 5.97 Å². The van der Waals surface area contributed by atoms with Gasteiger partial charge in [0.25, 0.3) is 30.0 Å². The van der Waals surface area contributed by atoms with Gasteiger partial charge >= 0.3 is 15.3 Å². The van der Waals surface area contributed by atoms with Gasteiger partial charge in [-0.2, -0.15) is 0 Å². The van der Waals surface area contributed by atoms with Crippen LogP contribution in [-0.2, 0) is 26.0 Å². The number of carbonyl (C=O) groups excluding carboxylic acids is 1. The van der Waals surface area contributed by atoms with E-state index in [4.69, 9.17) is 21.2 Å². The molecule has 0 N–H and O–H groups in total. The fourth-order valence-electron chi connectivity index (χ4n) is 1.13. The Morgan fingerprint density at radius 3 is 2.53 bits per heavy atom. The van der Waals surface area contributed by atoms with Gasteiger partial charge in [0, 0.05) is 5.57 Å². The summed E-state index contributed by atoms with van der Waals surface area (Å²) in [6.45, 7) is 5.54. The molecule has 1 heterocycles. The third-order valence-corrected chi connectivity index (χ3v) is 9.62. The molecule has 1 fully saturated rings. The van der Waals surface area contributed by atoms with Crippen LogP contribution >= 0.6 is 0 Å². The molecule has 0 atom stereocenters. The van der Waals surface area contributed by atoms with E-state index in [2.05, 4.69) is 6.58 Å². The summed E-state index contributed by atoms with van der Waals surface area (Å²) in [6.07, 6.45) is 0.760. The van der Waals surface area contributed by atoms with Crippen LogP contribution in [0.25, 0.3) is 0 Å². The molecule has 10 heteroatoms. The SMILES string of the molecule is C=C(C)C(=O)OCCC[SiH]1O[SiH2]O[SiH2]O[SiH2]O1. The van der Waals surface area contributed by atoms with Crippen LogP contribution in [0.3, 0.4) is 0 Å². The molecule has 0 amide bonds. The minimum atomic E-state index is -1.61. The Morgan fingerprint density at radius 2 is 1.94 bits per heavy atom. The molecule has 0 spiro atoms. The van der Waals surface area contributed by atoms with Crippen molar-refractivity contribution >= 4 is 45.3 Å². The average molecular weight is 311 g/mol. The van der Waals surface area contributed by atoms with Crippen LogP contribution in [-0.4, -0.2) is 51.9 Å². The maximum absolute atomic E-state index is 11.1. The van der Waals surface area contributed by atoms with Crippen molar-refractivity contribution in [2.45, 2.75) is 19.4 Å². The fourth-order valence-corrected chi connectivity index (χ4v) is 10.0. The number of rotatable bonds is 5. The quantitative estimate of drug-likeness (QED) is 0.248. The second-order valence-electron chi connectivity index (χ2n) is 3.58. The molecule has 0 aromatic carbocycles. The zero-order valence-corrected chi connectivity index (χ0v) is 15.4. The van der Waals surface area contributed by atoms with Gasteiger partial charge in [0.1, 0.15) is 0 Å². The molecule has 1 aliphatic rings. The smallest absolute Gasteiger partial charge is 0.333 e. The summed E-state index contributed by atoms with van der Waals surface area (Å²) in [5, 5.41) is 0. The molecule has 6 nitrogen and oxygen atoms in total. The molecular weight excluding hydrogens is 292 g/mol. The van der Waals surface area contributed by atoms with Gasteiger partial charge in [-0.05, 0) is 19.4 Å². The molecule has 0 bridgehead atoms. The summed E-state index contributed by atoms with van der Waals surface area (Å²) in [4.78, 5) is 11.1. The van der Waals surface area contributed by atoms with E-state index in [9.17, 15) is 4.79 Å². The van der Waals surface area contributed by atoms with Gasteiger partial charge in [-0.3, -0.25) is 0 Å². The van der Waals surface area contributed by atoms with Gasteiger partial charge in [0.05, 0.1) is 6.61 Å². The van der Waals surface area contributed by atoms with E-state index in [1.54, 1.807) is 6.92 Å². The molecule has 0 aromatic rings. The van der Waals surface area contributed by atoms with Crippen molar-refractivity contribution in [1.82, 2.24) is 0 Å². The van der Waals surface area contributed by atoms with E-state index >= 15 is 0 Å². The predicted molar refractivity (Wildman–Crippen MR) is 72.3 cm³/mol. The lowest BCUT2D eigenvalue weighted by Crippen LogP contribution is -2.33.